The molecule has 0 saturated carbocycles. The van der Waals surface area contributed by atoms with Gasteiger partial charge in [0.2, 0.25) is 0 Å². The van der Waals surface area contributed by atoms with Crippen LogP contribution in [0.15, 0.2) is 42.5 Å². The summed E-state index contributed by atoms with van der Waals surface area (Å²) in [6.07, 6.45) is 0. The van der Waals surface area contributed by atoms with Crippen molar-refractivity contribution in [3.05, 3.63) is 53.1 Å². The van der Waals surface area contributed by atoms with E-state index in [2.05, 4.69) is 0 Å². The molecule has 2 aromatic carbocycles. The molecule has 0 fully saturated rings. The summed E-state index contributed by atoms with van der Waals surface area (Å²) in [6.45, 7) is 1.13. The Kier molecular flexibility index (Phi) is 5.72. The molecule has 0 aliphatic rings. The predicted molar refractivity (Wildman–Crippen MR) is 83.3 cm³/mol. The van der Waals surface area contributed by atoms with Crippen molar-refractivity contribution >= 4 is 11.6 Å². The summed E-state index contributed by atoms with van der Waals surface area (Å²) in [7, 11) is 1.61. The van der Waals surface area contributed by atoms with Gasteiger partial charge < -0.3 is 19.9 Å². The highest BCUT2D eigenvalue weighted by molar-refractivity contribution is 6.31. The van der Waals surface area contributed by atoms with Crippen LogP contribution in [0.25, 0.3) is 0 Å². The lowest BCUT2D eigenvalue weighted by atomic mass is 10.2. The summed E-state index contributed by atoms with van der Waals surface area (Å²) in [5.41, 5.74) is 6.47. The van der Waals surface area contributed by atoms with Gasteiger partial charge >= 0.3 is 0 Å². The van der Waals surface area contributed by atoms with Gasteiger partial charge in [-0.05, 0) is 24.3 Å². The molecule has 0 aliphatic carbocycles. The van der Waals surface area contributed by atoms with Crippen molar-refractivity contribution in [2.45, 2.75) is 6.54 Å². The molecule has 2 rings (SSSR count). The molecule has 2 N–H and O–H groups in total. The highest BCUT2D eigenvalue weighted by Crippen LogP contribution is 2.27. The van der Waals surface area contributed by atoms with Gasteiger partial charge in [0.15, 0.2) is 11.5 Å². The summed E-state index contributed by atoms with van der Waals surface area (Å²) in [4.78, 5) is 0. The first-order valence-corrected chi connectivity index (χ1v) is 7.00. The van der Waals surface area contributed by atoms with Crippen LogP contribution in [0.3, 0.4) is 0 Å². The molecule has 0 atom stereocenters. The van der Waals surface area contributed by atoms with Gasteiger partial charge in [-0.2, -0.15) is 0 Å². The Labute approximate surface area is 129 Å². The minimum absolute atomic E-state index is 0.336. The molecule has 0 unspecified atom stereocenters. The van der Waals surface area contributed by atoms with E-state index < -0.39 is 0 Å². The van der Waals surface area contributed by atoms with Crippen LogP contribution in [0, 0.1) is 0 Å². The highest BCUT2D eigenvalue weighted by Gasteiger charge is 2.07. The second kappa shape index (κ2) is 7.76. The fourth-order valence-electron chi connectivity index (χ4n) is 1.91. The summed E-state index contributed by atoms with van der Waals surface area (Å²) >= 11 is 6.07. The molecule has 0 heterocycles. The first-order valence-electron chi connectivity index (χ1n) is 6.62. The van der Waals surface area contributed by atoms with E-state index in [9.17, 15) is 0 Å². The number of hydrogen-bond donors (Lipinski definition) is 1. The van der Waals surface area contributed by atoms with Gasteiger partial charge in [-0.1, -0.05) is 29.8 Å². The maximum absolute atomic E-state index is 6.07. The van der Waals surface area contributed by atoms with E-state index in [1.165, 1.54) is 0 Å². The number of halogens is 1. The summed E-state index contributed by atoms with van der Waals surface area (Å²) in [5.74, 6) is 2.07. The lowest BCUT2D eigenvalue weighted by Crippen LogP contribution is -2.11. The molecule has 0 radical (unpaired) electrons. The molecule has 0 saturated heterocycles. The Hall–Kier alpha value is -1.91. The quantitative estimate of drug-likeness (QED) is 0.798. The SMILES string of the molecule is COc1ccccc1OCCOc1cccc(Cl)c1CN. The monoisotopic (exact) mass is 307 g/mol. The zero-order chi connectivity index (χ0) is 15.1. The topological polar surface area (TPSA) is 53.7 Å². The molecular formula is C16H18ClNO3. The van der Waals surface area contributed by atoms with E-state index in [4.69, 9.17) is 31.5 Å². The van der Waals surface area contributed by atoms with Crippen molar-refractivity contribution in [1.29, 1.82) is 0 Å². The third-order valence-corrected chi connectivity index (χ3v) is 3.30. The number of para-hydroxylation sites is 2. The third kappa shape index (κ3) is 4.03. The molecule has 0 spiro atoms. The molecule has 0 aromatic heterocycles. The summed E-state index contributed by atoms with van der Waals surface area (Å²) < 4.78 is 16.5. The predicted octanol–water partition coefficient (Wildman–Crippen LogP) is 3.27. The van der Waals surface area contributed by atoms with E-state index in [0.717, 1.165) is 5.56 Å². The van der Waals surface area contributed by atoms with E-state index in [-0.39, 0.29) is 0 Å². The van der Waals surface area contributed by atoms with Gasteiger partial charge in [0, 0.05) is 17.1 Å². The van der Waals surface area contributed by atoms with Crippen molar-refractivity contribution in [2.24, 2.45) is 5.73 Å². The van der Waals surface area contributed by atoms with Crippen LogP contribution < -0.4 is 19.9 Å². The molecule has 0 aliphatic heterocycles. The van der Waals surface area contributed by atoms with Crippen molar-refractivity contribution in [2.75, 3.05) is 20.3 Å². The lowest BCUT2D eigenvalue weighted by molar-refractivity contribution is 0.210. The number of benzene rings is 2. The number of methoxy groups -OCH3 is 1. The third-order valence-electron chi connectivity index (χ3n) is 2.95. The number of rotatable bonds is 7. The Morgan fingerprint density at radius 3 is 2.19 bits per heavy atom. The molecule has 4 nitrogen and oxygen atoms in total. The van der Waals surface area contributed by atoms with Crippen molar-refractivity contribution in [3.8, 4) is 17.2 Å². The fraction of sp³-hybridized carbons (Fsp3) is 0.250. The first kappa shape index (κ1) is 15.5. The average molecular weight is 308 g/mol. The second-order valence-electron chi connectivity index (χ2n) is 4.27. The van der Waals surface area contributed by atoms with Crippen LogP contribution in [-0.4, -0.2) is 20.3 Å². The number of nitrogens with two attached hydrogens (primary N) is 1. The molecule has 2 aromatic rings. The minimum Gasteiger partial charge on any atom is -0.493 e. The molecule has 0 amide bonds. The fourth-order valence-corrected chi connectivity index (χ4v) is 2.16. The summed E-state index contributed by atoms with van der Waals surface area (Å²) in [5, 5.41) is 0.612. The number of ether oxygens (including phenoxy) is 3. The smallest absolute Gasteiger partial charge is 0.161 e. The van der Waals surface area contributed by atoms with Gasteiger partial charge in [-0.3, -0.25) is 0 Å². The van der Waals surface area contributed by atoms with Crippen LogP contribution in [0.1, 0.15) is 5.56 Å². The van der Waals surface area contributed by atoms with Gasteiger partial charge in [-0.15, -0.1) is 0 Å². The van der Waals surface area contributed by atoms with Crippen LogP contribution >= 0.6 is 11.6 Å². The van der Waals surface area contributed by atoms with E-state index >= 15 is 0 Å². The molecule has 0 bridgehead atoms. The van der Waals surface area contributed by atoms with Crippen LogP contribution in [-0.2, 0) is 6.54 Å². The first-order chi connectivity index (χ1) is 10.3. The Bertz CT molecular complexity index is 589. The lowest BCUT2D eigenvalue weighted by Gasteiger charge is -2.13. The normalized spacial score (nSPS) is 10.2. The highest BCUT2D eigenvalue weighted by atomic mass is 35.5. The Morgan fingerprint density at radius 1 is 0.905 bits per heavy atom. The zero-order valence-corrected chi connectivity index (χ0v) is 12.6. The standard InChI is InChI=1S/C16H18ClNO3/c1-19-15-6-2-3-7-16(15)21-10-9-20-14-8-4-5-13(17)12(14)11-18/h2-8H,9-11,18H2,1H3. The Balaban J connectivity index is 1.89. The van der Waals surface area contributed by atoms with E-state index in [1.807, 2.05) is 36.4 Å². The van der Waals surface area contributed by atoms with Gasteiger partial charge in [0.05, 0.1) is 7.11 Å². The van der Waals surface area contributed by atoms with Gasteiger partial charge in [0.25, 0.3) is 0 Å². The average Bonchev–Trinajstić information content (AvgIpc) is 2.52. The molecule has 112 valence electrons. The number of hydrogen-bond acceptors (Lipinski definition) is 4. The van der Waals surface area contributed by atoms with Crippen LogP contribution in [0.4, 0.5) is 0 Å². The maximum atomic E-state index is 6.07. The molecular weight excluding hydrogens is 290 g/mol. The van der Waals surface area contributed by atoms with Crippen LogP contribution in [0.2, 0.25) is 5.02 Å². The second-order valence-corrected chi connectivity index (χ2v) is 4.68. The van der Waals surface area contributed by atoms with Crippen molar-refractivity contribution < 1.29 is 14.2 Å². The summed E-state index contributed by atoms with van der Waals surface area (Å²) in [6, 6.07) is 12.9. The Morgan fingerprint density at radius 2 is 1.52 bits per heavy atom. The zero-order valence-electron chi connectivity index (χ0n) is 11.8. The van der Waals surface area contributed by atoms with Gasteiger partial charge in [0.1, 0.15) is 19.0 Å². The molecule has 21 heavy (non-hydrogen) atoms. The van der Waals surface area contributed by atoms with Gasteiger partial charge in [-0.25, -0.2) is 0 Å². The van der Waals surface area contributed by atoms with E-state index in [1.54, 1.807) is 13.2 Å². The van der Waals surface area contributed by atoms with Crippen molar-refractivity contribution in [1.82, 2.24) is 0 Å². The minimum atomic E-state index is 0.336. The maximum Gasteiger partial charge on any atom is 0.161 e. The van der Waals surface area contributed by atoms with E-state index in [0.29, 0.717) is 42.0 Å². The largest absolute Gasteiger partial charge is 0.493 e. The van der Waals surface area contributed by atoms with Crippen molar-refractivity contribution in [3.63, 3.8) is 0 Å². The molecule has 5 heteroatoms. The van der Waals surface area contributed by atoms with Crippen LogP contribution in [0.5, 0.6) is 17.2 Å².